The molecule has 0 amide bonds. The minimum absolute atomic E-state index is 1.16. The Morgan fingerprint density at radius 1 is 0.800 bits per heavy atom. The van der Waals surface area contributed by atoms with Gasteiger partial charge in [0.05, 0.1) is 0 Å². The van der Waals surface area contributed by atoms with E-state index in [1.54, 1.807) is 11.1 Å². The van der Waals surface area contributed by atoms with Crippen LogP contribution in [-0.2, 0) is 12.8 Å². The first-order valence-electron chi connectivity index (χ1n) is 8.14. The molecule has 2 heterocycles. The Hall–Kier alpha value is -0.900. The van der Waals surface area contributed by atoms with Crippen LogP contribution in [0.2, 0.25) is 0 Å². The lowest BCUT2D eigenvalue weighted by Crippen LogP contribution is -2.38. The average Bonchev–Trinajstić information content (AvgIpc) is 2.86. The standard InChI is InChI=1S/C17H27N3/c1-2-5-17-7-12-20(11-6-16(17)4-1)15-14-19-10-3-8-18-9-13-19/h1-2,4-5,18H,3,6-15H2. The summed E-state index contributed by atoms with van der Waals surface area (Å²) in [5.74, 6) is 0. The van der Waals surface area contributed by atoms with Crippen LogP contribution in [0.25, 0.3) is 0 Å². The molecule has 1 aromatic carbocycles. The van der Waals surface area contributed by atoms with Crippen molar-refractivity contribution < 1.29 is 0 Å². The van der Waals surface area contributed by atoms with Crippen molar-refractivity contribution in [1.82, 2.24) is 15.1 Å². The maximum atomic E-state index is 3.48. The van der Waals surface area contributed by atoms with Gasteiger partial charge in [0.25, 0.3) is 0 Å². The molecule has 3 rings (SSSR count). The number of hydrogen-bond acceptors (Lipinski definition) is 3. The number of fused-ring (bicyclic) bond motifs is 1. The first-order chi connectivity index (χ1) is 9.92. The summed E-state index contributed by atoms with van der Waals surface area (Å²) in [6.45, 7) is 9.74. The fraction of sp³-hybridized carbons (Fsp3) is 0.647. The van der Waals surface area contributed by atoms with Gasteiger partial charge < -0.3 is 15.1 Å². The molecule has 110 valence electrons. The molecule has 3 nitrogen and oxygen atoms in total. The van der Waals surface area contributed by atoms with Crippen molar-refractivity contribution in [1.29, 1.82) is 0 Å². The Bertz CT molecular complexity index is 383. The third kappa shape index (κ3) is 3.81. The lowest BCUT2D eigenvalue weighted by atomic mass is 10.0. The fourth-order valence-corrected chi connectivity index (χ4v) is 3.35. The van der Waals surface area contributed by atoms with Crippen LogP contribution in [0.1, 0.15) is 17.5 Å². The molecule has 0 spiro atoms. The maximum absolute atomic E-state index is 3.48. The van der Waals surface area contributed by atoms with Crippen molar-refractivity contribution in [3.05, 3.63) is 35.4 Å². The smallest absolute Gasteiger partial charge is 0.0110 e. The molecule has 1 fully saturated rings. The molecular formula is C17H27N3. The summed E-state index contributed by atoms with van der Waals surface area (Å²) in [7, 11) is 0. The molecule has 0 radical (unpaired) electrons. The van der Waals surface area contributed by atoms with Gasteiger partial charge in [0.2, 0.25) is 0 Å². The highest BCUT2D eigenvalue weighted by atomic mass is 15.2. The van der Waals surface area contributed by atoms with Crippen molar-refractivity contribution in [2.75, 3.05) is 52.4 Å². The van der Waals surface area contributed by atoms with Gasteiger partial charge in [0.15, 0.2) is 0 Å². The predicted octanol–water partition coefficient (Wildman–Crippen LogP) is 1.38. The van der Waals surface area contributed by atoms with E-state index in [4.69, 9.17) is 0 Å². The highest BCUT2D eigenvalue weighted by molar-refractivity contribution is 5.28. The van der Waals surface area contributed by atoms with Crippen molar-refractivity contribution in [3.8, 4) is 0 Å². The zero-order valence-corrected chi connectivity index (χ0v) is 12.5. The van der Waals surface area contributed by atoms with Crippen LogP contribution in [0.3, 0.4) is 0 Å². The van der Waals surface area contributed by atoms with E-state index >= 15 is 0 Å². The van der Waals surface area contributed by atoms with Crippen LogP contribution in [0, 0.1) is 0 Å². The molecule has 20 heavy (non-hydrogen) atoms. The Morgan fingerprint density at radius 3 is 2.15 bits per heavy atom. The second kappa shape index (κ2) is 7.21. The summed E-state index contributed by atoms with van der Waals surface area (Å²) in [5.41, 5.74) is 3.13. The van der Waals surface area contributed by atoms with Crippen LogP contribution in [-0.4, -0.2) is 62.2 Å². The largest absolute Gasteiger partial charge is 0.315 e. The molecule has 0 aromatic heterocycles. The number of rotatable bonds is 3. The third-order valence-corrected chi connectivity index (χ3v) is 4.68. The van der Waals surface area contributed by atoms with Gasteiger partial charge in [0, 0.05) is 39.3 Å². The van der Waals surface area contributed by atoms with Crippen LogP contribution < -0.4 is 5.32 Å². The number of hydrogen-bond donors (Lipinski definition) is 1. The van der Waals surface area contributed by atoms with Gasteiger partial charge in [-0.25, -0.2) is 0 Å². The summed E-state index contributed by atoms with van der Waals surface area (Å²) >= 11 is 0. The fourth-order valence-electron chi connectivity index (χ4n) is 3.35. The van der Waals surface area contributed by atoms with Gasteiger partial charge in [-0.1, -0.05) is 24.3 Å². The van der Waals surface area contributed by atoms with E-state index < -0.39 is 0 Å². The van der Waals surface area contributed by atoms with Gasteiger partial charge in [-0.05, 0) is 43.5 Å². The topological polar surface area (TPSA) is 18.5 Å². The van der Waals surface area contributed by atoms with Crippen molar-refractivity contribution >= 4 is 0 Å². The van der Waals surface area contributed by atoms with Gasteiger partial charge >= 0.3 is 0 Å². The summed E-state index contributed by atoms with van der Waals surface area (Å²) in [6, 6.07) is 8.97. The lowest BCUT2D eigenvalue weighted by molar-refractivity contribution is 0.215. The molecule has 2 aliphatic heterocycles. The van der Waals surface area contributed by atoms with E-state index in [0.717, 1.165) is 6.54 Å². The van der Waals surface area contributed by atoms with Crippen LogP contribution in [0.15, 0.2) is 24.3 Å². The van der Waals surface area contributed by atoms with E-state index in [2.05, 4.69) is 39.4 Å². The number of benzene rings is 1. The Labute approximate surface area is 123 Å². The molecule has 0 unspecified atom stereocenters. The molecule has 1 aromatic rings. The van der Waals surface area contributed by atoms with Crippen LogP contribution in [0.5, 0.6) is 0 Å². The minimum Gasteiger partial charge on any atom is -0.315 e. The minimum atomic E-state index is 1.16. The quantitative estimate of drug-likeness (QED) is 0.898. The van der Waals surface area contributed by atoms with E-state index in [-0.39, 0.29) is 0 Å². The van der Waals surface area contributed by atoms with Gasteiger partial charge in [-0.3, -0.25) is 0 Å². The number of nitrogens with one attached hydrogen (secondary N) is 1. The molecule has 0 saturated carbocycles. The molecule has 1 N–H and O–H groups in total. The van der Waals surface area contributed by atoms with E-state index in [1.165, 1.54) is 65.1 Å². The monoisotopic (exact) mass is 273 g/mol. The van der Waals surface area contributed by atoms with Gasteiger partial charge in [-0.15, -0.1) is 0 Å². The first-order valence-corrected chi connectivity index (χ1v) is 8.14. The first kappa shape index (κ1) is 14.1. The average molecular weight is 273 g/mol. The van der Waals surface area contributed by atoms with Crippen molar-refractivity contribution in [2.24, 2.45) is 0 Å². The Kier molecular flexibility index (Phi) is 5.06. The van der Waals surface area contributed by atoms with Gasteiger partial charge in [-0.2, -0.15) is 0 Å². The second-order valence-electron chi connectivity index (χ2n) is 6.06. The van der Waals surface area contributed by atoms with Crippen LogP contribution >= 0.6 is 0 Å². The molecule has 1 saturated heterocycles. The highest BCUT2D eigenvalue weighted by Gasteiger charge is 2.15. The number of nitrogens with zero attached hydrogens (tertiary/aromatic N) is 2. The molecule has 2 aliphatic rings. The molecular weight excluding hydrogens is 246 g/mol. The summed E-state index contributed by atoms with van der Waals surface area (Å²) in [6.07, 6.45) is 3.74. The predicted molar refractivity (Wildman–Crippen MR) is 84.2 cm³/mol. The summed E-state index contributed by atoms with van der Waals surface area (Å²) in [5, 5.41) is 3.48. The summed E-state index contributed by atoms with van der Waals surface area (Å²) in [4.78, 5) is 5.27. The van der Waals surface area contributed by atoms with Crippen molar-refractivity contribution in [2.45, 2.75) is 19.3 Å². The third-order valence-electron chi connectivity index (χ3n) is 4.68. The molecule has 0 bridgehead atoms. The Balaban J connectivity index is 1.47. The zero-order valence-electron chi connectivity index (χ0n) is 12.5. The Morgan fingerprint density at radius 2 is 1.45 bits per heavy atom. The van der Waals surface area contributed by atoms with E-state index in [0.29, 0.717) is 0 Å². The SMILES string of the molecule is c1ccc2c(c1)CCN(CCN1CCCNCC1)CC2. The van der Waals surface area contributed by atoms with Crippen LogP contribution in [0.4, 0.5) is 0 Å². The highest BCUT2D eigenvalue weighted by Crippen LogP contribution is 2.15. The van der Waals surface area contributed by atoms with E-state index in [9.17, 15) is 0 Å². The normalized spacial score (nSPS) is 22.0. The van der Waals surface area contributed by atoms with Crippen molar-refractivity contribution in [3.63, 3.8) is 0 Å². The molecule has 0 atom stereocenters. The zero-order chi connectivity index (χ0) is 13.6. The summed E-state index contributed by atoms with van der Waals surface area (Å²) < 4.78 is 0. The molecule has 3 heteroatoms. The maximum Gasteiger partial charge on any atom is 0.0110 e. The molecule has 0 aliphatic carbocycles. The second-order valence-corrected chi connectivity index (χ2v) is 6.06. The van der Waals surface area contributed by atoms with E-state index in [1.807, 2.05) is 0 Å². The van der Waals surface area contributed by atoms with Gasteiger partial charge in [0.1, 0.15) is 0 Å². The lowest BCUT2D eigenvalue weighted by Gasteiger charge is -2.25.